The predicted octanol–water partition coefficient (Wildman–Crippen LogP) is 2.35. The molecule has 4 fully saturated rings. The molecule has 2 aliphatic heterocycles. The van der Waals surface area contributed by atoms with E-state index in [4.69, 9.17) is 4.74 Å². The predicted molar refractivity (Wildman–Crippen MR) is 95.6 cm³/mol. The Morgan fingerprint density at radius 1 is 1.00 bits per heavy atom. The van der Waals surface area contributed by atoms with Crippen molar-refractivity contribution in [1.29, 1.82) is 0 Å². The summed E-state index contributed by atoms with van der Waals surface area (Å²) in [4.78, 5) is 42.5. The summed E-state index contributed by atoms with van der Waals surface area (Å²) in [6.45, 7) is 0. The van der Waals surface area contributed by atoms with Gasteiger partial charge in [0.2, 0.25) is 11.8 Å². The Morgan fingerprint density at radius 2 is 1.56 bits per heavy atom. The Balaban J connectivity index is 1.48. The van der Waals surface area contributed by atoms with Crippen LogP contribution in [0.3, 0.4) is 0 Å². The molecule has 2 bridgehead atoms. The van der Waals surface area contributed by atoms with Crippen molar-refractivity contribution in [2.24, 2.45) is 23.7 Å². The number of hydrogen-bond donors (Lipinski definition) is 0. The van der Waals surface area contributed by atoms with E-state index >= 15 is 0 Å². The van der Waals surface area contributed by atoms with Crippen LogP contribution in [0, 0.1) is 23.7 Å². The van der Waals surface area contributed by atoms with Crippen molar-refractivity contribution in [2.45, 2.75) is 30.3 Å². The van der Waals surface area contributed by atoms with Crippen molar-refractivity contribution < 1.29 is 19.1 Å². The maximum atomic E-state index is 13.4. The van der Waals surface area contributed by atoms with Crippen LogP contribution in [0.15, 0.2) is 42.5 Å². The molecule has 0 unspecified atom stereocenters. The minimum atomic E-state index is -0.381. The van der Waals surface area contributed by atoms with Crippen LogP contribution in [-0.2, 0) is 14.3 Å². The van der Waals surface area contributed by atoms with Crippen molar-refractivity contribution in [3.8, 4) is 0 Å². The minimum absolute atomic E-state index is 0.112. The van der Waals surface area contributed by atoms with Crippen LogP contribution in [0.4, 0.5) is 10.5 Å². The monoisotopic (exact) mass is 364 g/mol. The van der Waals surface area contributed by atoms with E-state index < -0.39 is 0 Å². The van der Waals surface area contributed by atoms with Crippen LogP contribution < -0.4 is 4.90 Å². The lowest BCUT2D eigenvalue weighted by Gasteiger charge is -2.43. The average molecular weight is 364 g/mol. The maximum absolute atomic E-state index is 13.4. The number of likely N-dealkylation sites (tertiary alicyclic amines) is 1. The van der Waals surface area contributed by atoms with Gasteiger partial charge >= 0.3 is 6.09 Å². The first-order chi connectivity index (χ1) is 13.1. The first-order valence-corrected chi connectivity index (χ1v) is 9.59. The average Bonchev–Trinajstić information content (AvgIpc) is 2.96. The number of imide groups is 1. The molecule has 2 saturated carbocycles. The molecule has 6 aliphatic rings. The number of nitrogens with zero attached hydrogens (tertiary/aromatic N) is 2. The summed E-state index contributed by atoms with van der Waals surface area (Å²) in [5.74, 6) is -1.23. The summed E-state index contributed by atoms with van der Waals surface area (Å²) >= 11 is 0. The normalized spacial score (nSPS) is 42.9. The van der Waals surface area contributed by atoms with E-state index in [1.165, 1.54) is 12.0 Å². The lowest BCUT2D eigenvalue weighted by molar-refractivity contribution is -0.125. The first kappa shape index (κ1) is 15.4. The number of carbonyl (C=O) groups is 3. The number of benzene rings is 1. The van der Waals surface area contributed by atoms with Crippen LogP contribution in [0.2, 0.25) is 0 Å². The molecule has 138 valence electrons. The summed E-state index contributed by atoms with van der Waals surface area (Å²) < 4.78 is 5.06. The number of ether oxygens (including phenoxy) is 1. The fourth-order valence-electron chi connectivity index (χ4n) is 7.10. The van der Waals surface area contributed by atoms with Crippen molar-refractivity contribution in [3.63, 3.8) is 0 Å². The lowest BCUT2D eigenvalue weighted by atomic mass is 9.55. The number of piperidine rings is 1. The third kappa shape index (κ3) is 1.40. The largest absolute Gasteiger partial charge is 0.453 e. The summed E-state index contributed by atoms with van der Waals surface area (Å²) in [6, 6.07) is 9.17. The van der Waals surface area contributed by atoms with Crippen molar-refractivity contribution in [2.75, 3.05) is 12.0 Å². The van der Waals surface area contributed by atoms with Crippen LogP contribution in [0.1, 0.15) is 19.3 Å². The van der Waals surface area contributed by atoms with Gasteiger partial charge in [0.25, 0.3) is 0 Å². The Bertz CT molecular complexity index is 881. The highest BCUT2D eigenvalue weighted by Crippen LogP contribution is 2.78. The third-order valence-electron chi connectivity index (χ3n) is 7.79. The fraction of sp³-hybridized carbons (Fsp3) is 0.476. The first-order valence-electron chi connectivity index (χ1n) is 9.59. The molecule has 1 aromatic carbocycles. The van der Waals surface area contributed by atoms with E-state index in [-0.39, 0.29) is 52.7 Å². The van der Waals surface area contributed by atoms with Gasteiger partial charge in [0, 0.05) is 11.8 Å². The maximum Gasteiger partial charge on any atom is 0.410 e. The molecule has 2 saturated heterocycles. The molecule has 4 aliphatic carbocycles. The smallest absolute Gasteiger partial charge is 0.410 e. The van der Waals surface area contributed by atoms with Gasteiger partial charge in [-0.25, -0.2) is 4.79 Å². The third-order valence-corrected chi connectivity index (χ3v) is 7.79. The standard InChI is InChI=1S/C21H20N2O4/c1-27-19(26)23-20-10-5-11-21(20,23)14-9-8-13(20)15-16(14)18(25)22(17(15)24)12-6-3-2-4-7-12/h2-4,6-9,13-16H,5,10-11H2,1H3/t13-,14-,15-,16-,20-,21+,23?/m1/s1. The Hall–Kier alpha value is -2.63. The Labute approximate surface area is 156 Å². The molecule has 6 atom stereocenters. The Kier molecular flexibility index (Phi) is 2.63. The molecule has 0 radical (unpaired) electrons. The van der Waals surface area contributed by atoms with E-state index in [0.717, 1.165) is 19.3 Å². The molecule has 1 aromatic rings. The summed E-state index contributed by atoms with van der Waals surface area (Å²) in [5.41, 5.74) is -0.0490. The Morgan fingerprint density at radius 3 is 2.07 bits per heavy atom. The van der Waals surface area contributed by atoms with Gasteiger partial charge in [-0.15, -0.1) is 0 Å². The molecule has 27 heavy (non-hydrogen) atoms. The van der Waals surface area contributed by atoms with Crippen molar-refractivity contribution >= 4 is 23.6 Å². The fourth-order valence-corrected chi connectivity index (χ4v) is 7.10. The van der Waals surface area contributed by atoms with E-state index in [0.29, 0.717) is 5.69 Å². The highest BCUT2D eigenvalue weighted by Gasteiger charge is 2.90. The van der Waals surface area contributed by atoms with Crippen LogP contribution in [-0.4, -0.2) is 41.0 Å². The zero-order valence-corrected chi connectivity index (χ0v) is 15.0. The van der Waals surface area contributed by atoms with E-state index in [9.17, 15) is 14.4 Å². The van der Waals surface area contributed by atoms with Gasteiger partial charge in [0.05, 0.1) is 35.7 Å². The molecule has 7 rings (SSSR count). The number of para-hydroxylation sites is 1. The second-order valence-corrected chi connectivity index (χ2v) is 8.34. The molecule has 0 N–H and O–H groups in total. The molecular weight excluding hydrogens is 344 g/mol. The zero-order chi connectivity index (χ0) is 18.6. The summed E-state index contributed by atoms with van der Waals surface area (Å²) in [7, 11) is 1.40. The van der Waals surface area contributed by atoms with Gasteiger partial charge < -0.3 is 4.74 Å². The number of rotatable bonds is 1. The number of methoxy groups -OCH3 is 1. The van der Waals surface area contributed by atoms with Gasteiger partial charge in [-0.1, -0.05) is 30.4 Å². The van der Waals surface area contributed by atoms with Gasteiger partial charge in [-0.05, 0) is 31.4 Å². The van der Waals surface area contributed by atoms with Gasteiger partial charge in [-0.3, -0.25) is 19.4 Å². The van der Waals surface area contributed by atoms with Crippen molar-refractivity contribution in [1.82, 2.24) is 4.90 Å². The van der Waals surface area contributed by atoms with Crippen molar-refractivity contribution in [3.05, 3.63) is 42.5 Å². The number of anilines is 1. The highest BCUT2D eigenvalue weighted by molar-refractivity contribution is 6.23. The number of hydrogen-bond acceptors (Lipinski definition) is 4. The molecule has 0 spiro atoms. The van der Waals surface area contributed by atoms with Crippen LogP contribution >= 0.6 is 0 Å². The van der Waals surface area contributed by atoms with Crippen LogP contribution in [0.25, 0.3) is 0 Å². The second-order valence-electron chi connectivity index (χ2n) is 8.34. The van der Waals surface area contributed by atoms with E-state index in [1.807, 2.05) is 23.1 Å². The zero-order valence-electron chi connectivity index (χ0n) is 15.0. The molecular formula is C21H20N2O4. The molecule has 0 aromatic heterocycles. The number of carbonyl (C=O) groups excluding carboxylic acids is 3. The molecule has 6 nitrogen and oxygen atoms in total. The quantitative estimate of drug-likeness (QED) is 0.436. The highest BCUT2D eigenvalue weighted by atomic mass is 16.5. The number of amides is 3. The summed E-state index contributed by atoms with van der Waals surface area (Å²) in [5, 5.41) is 0. The van der Waals surface area contributed by atoms with E-state index in [1.54, 1.807) is 12.1 Å². The summed E-state index contributed by atoms with van der Waals surface area (Å²) in [6.07, 6.45) is 6.64. The van der Waals surface area contributed by atoms with E-state index in [2.05, 4.69) is 12.2 Å². The topological polar surface area (TPSA) is 66.7 Å². The SMILES string of the molecule is COC(=O)N1[C@@]23CCC[C@@]12[C@@H]1C=C[C@@H]3[C@H]2C(=O)N(c3ccccc3)C(=O)[C@@H]21. The van der Waals surface area contributed by atoms with Gasteiger partial charge in [-0.2, -0.15) is 0 Å². The second kappa shape index (κ2) is 4.61. The van der Waals surface area contributed by atoms with Gasteiger partial charge in [0.1, 0.15) is 0 Å². The molecule has 2 heterocycles. The van der Waals surface area contributed by atoms with Crippen LogP contribution in [0.5, 0.6) is 0 Å². The minimum Gasteiger partial charge on any atom is -0.453 e. The molecule has 3 amide bonds. The van der Waals surface area contributed by atoms with Gasteiger partial charge in [0.15, 0.2) is 0 Å². The lowest BCUT2D eigenvalue weighted by Crippen LogP contribution is -2.53. The molecule has 6 heteroatoms.